The lowest BCUT2D eigenvalue weighted by Gasteiger charge is -2.40. The molecule has 2 aliphatic rings. The van der Waals surface area contributed by atoms with Crippen LogP contribution < -0.4 is 18.9 Å². The molecule has 8 nitrogen and oxygen atoms in total. The normalized spacial score (nSPS) is 24.4. The SMILES string of the molecule is COc1cc(OC)c2c(c1)O[C@@]1(c3ccc(OCCCCCn4ccnc4)cc3)[C@H](c3ccccc3)C[C@@H](O)[C@@]21O. The van der Waals surface area contributed by atoms with Crippen molar-refractivity contribution in [2.24, 2.45) is 0 Å². The van der Waals surface area contributed by atoms with Crippen molar-refractivity contribution in [1.29, 1.82) is 0 Å². The first-order valence-corrected chi connectivity index (χ1v) is 14.1. The molecule has 3 aromatic carbocycles. The predicted molar refractivity (Wildman–Crippen MR) is 154 cm³/mol. The second-order valence-electron chi connectivity index (χ2n) is 10.8. The molecule has 4 atom stereocenters. The second kappa shape index (κ2) is 11.1. The zero-order valence-electron chi connectivity index (χ0n) is 23.4. The van der Waals surface area contributed by atoms with E-state index in [1.807, 2.05) is 67.1 Å². The maximum absolute atomic E-state index is 12.6. The summed E-state index contributed by atoms with van der Waals surface area (Å²) in [5.74, 6) is 1.78. The summed E-state index contributed by atoms with van der Waals surface area (Å²) >= 11 is 0. The van der Waals surface area contributed by atoms with Crippen LogP contribution in [0.2, 0.25) is 0 Å². The Bertz CT molecular complexity index is 1460. The van der Waals surface area contributed by atoms with Gasteiger partial charge in [-0.3, -0.25) is 0 Å². The van der Waals surface area contributed by atoms with Gasteiger partial charge in [0.15, 0.2) is 11.2 Å². The van der Waals surface area contributed by atoms with Crippen LogP contribution in [0.5, 0.6) is 23.0 Å². The van der Waals surface area contributed by atoms with E-state index in [0.29, 0.717) is 35.8 Å². The van der Waals surface area contributed by atoms with Crippen LogP contribution in [0.1, 0.15) is 48.3 Å². The van der Waals surface area contributed by atoms with Crippen LogP contribution >= 0.6 is 0 Å². The van der Waals surface area contributed by atoms with Gasteiger partial charge >= 0.3 is 0 Å². The Balaban J connectivity index is 1.29. The molecule has 0 unspecified atom stereocenters. The Kier molecular flexibility index (Phi) is 7.36. The van der Waals surface area contributed by atoms with Crippen LogP contribution in [0.4, 0.5) is 0 Å². The lowest BCUT2D eigenvalue weighted by Crippen LogP contribution is -2.52. The van der Waals surface area contributed by atoms with Crippen molar-refractivity contribution in [3.63, 3.8) is 0 Å². The molecule has 8 heteroatoms. The molecule has 41 heavy (non-hydrogen) atoms. The molecule has 2 N–H and O–H groups in total. The number of aryl methyl sites for hydroxylation is 1. The maximum Gasteiger partial charge on any atom is 0.176 e. The summed E-state index contributed by atoms with van der Waals surface area (Å²) in [5, 5.41) is 24.2. The average molecular weight is 557 g/mol. The van der Waals surface area contributed by atoms with Gasteiger partial charge in [0, 0.05) is 37.0 Å². The van der Waals surface area contributed by atoms with Crippen LogP contribution in [0.3, 0.4) is 0 Å². The summed E-state index contributed by atoms with van der Waals surface area (Å²) in [7, 11) is 3.11. The summed E-state index contributed by atoms with van der Waals surface area (Å²) in [6, 6.07) is 21.1. The van der Waals surface area contributed by atoms with E-state index in [1.165, 1.54) is 7.11 Å². The van der Waals surface area contributed by atoms with Crippen LogP contribution in [-0.4, -0.2) is 46.7 Å². The summed E-state index contributed by atoms with van der Waals surface area (Å²) in [6.45, 7) is 1.57. The summed E-state index contributed by atoms with van der Waals surface area (Å²) in [5.41, 5.74) is -0.921. The fourth-order valence-electron chi connectivity index (χ4n) is 6.57. The van der Waals surface area contributed by atoms with E-state index < -0.39 is 17.3 Å². The van der Waals surface area contributed by atoms with Crippen molar-refractivity contribution in [3.05, 3.63) is 102 Å². The molecule has 2 heterocycles. The molecule has 1 saturated carbocycles. The molecule has 0 amide bonds. The number of unbranched alkanes of at least 4 members (excludes halogenated alkanes) is 2. The number of benzene rings is 3. The highest BCUT2D eigenvalue weighted by molar-refractivity contribution is 5.62. The quantitative estimate of drug-likeness (QED) is 0.246. The van der Waals surface area contributed by atoms with Crippen LogP contribution in [0.25, 0.3) is 0 Å². The lowest BCUT2D eigenvalue weighted by molar-refractivity contribution is -0.150. The predicted octanol–water partition coefficient (Wildman–Crippen LogP) is 5.17. The van der Waals surface area contributed by atoms with E-state index in [0.717, 1.165) is 42.7 Å². The van der Waals surface area contributed by atoms with Gasteiger partial charge in [0.05, 0.1) is 38.8 Å². The van der Waals surface area contributed by atoms with Crippen molar-refractivity contribution in [2.75, 3.05) is 20.8 Å². The van der Waals surface area contributed by atoms with Gasteiger partial charge < -0.3 is 33.7 Å². The second-order valence-corrected chi connectivity index (χ2v) is 10.8. The van der Waals surface area contributed by atoms with Gasteiger partial charge in [-0.05, 0) is 48.9 Å². The third-order valence-electron chi connectivity index (χ3n) is 8.52. The number of hydrogen-bond donors (Lipinski definition) is 2. The molecule has 4 aromatic rings. The molecule has 0 bridgehead atoms. The standard InChI is InChI=1S/C33H36N2O6/c1-38-26-19-28(39-2)31-29(20-26)41-33(27(21-30(36)32(31,33)37)23-9-5-3-6-10-23)24-11-13-25(14-12-24)40-18-8-4-7-16-35-17-15-34-22-35/h3,5-6,9-15,17,19-20,22,27,30,36-37H,4,7-8,16,18,21H2,1-2H3/t27-,30+,32+,33-/m0/s1. The Morgan fingerprint density at radius 3 is 2.49 bits per heavy atom. The summed E-state index contributed by atoms with van der Waals surface area (Å²) in [4.78, 5) is 4.08. The van der Waals surface area contributed by atoms with E-state index in [2.05, 4.69) is 9.55 Å². The molecule has 0 spiro atoms. The number of nitrogens with zero attached hydrogens (tertiary/aromatic N) is 2. The number of fused-ring (bicyclic) bond motifs is 3. The summed E-state index contributed by atoms with van der Waals surface area (Å²) < 4.78 is 26.1. The molecule has 1 fully saturated rings. The number of imidazole rings is 1. The van der Waals surface area contributed by atoms with Gasteiger partial charge in [-0.25, -0.2) is 4.98 Å². The van der Waals surface area contributed by atoms with Gasteiger partial charge in [-0.15, -0.1) is 0 Å². The van der Waals surface area contributed by atoms with Crippen molar-refractivity contribution in [1.82, 2.24) is 9.55 Å². The Morgan fingerprint density at radius 1 is 0.976 bits per heavy atom. The molecule has 1 aliphatic carbocycles. The summed E-state index contributed by atoms with van der Waals surface area (Å²) in [6.07, 6.45) is 7.89. The highest BCUT2D eigenvalue weighted by atomic mass is 16.5. The molecular weight excluding hydrogens is 520 g/mol. The van der Waals surface area contributed by atoms with E-state index in [1.54, 1.807) is 25.4 Å². The van der Waals surface area contributed by atoms with Crippen molar-refractivity contribution >= 4 is 0 Å². The van der Waals surface area contributed by atoms with Crippen molar-refractivity contribution in [3.8, 4) is 23.0 Å². The zero-order valence-corrected chi connectivity index (χ0v) is 23.4. The van der Waals surface area contributed by atoms with Gasteiger partial charge in [0.1, 0.15) is 23.0 Å². The average Bonchev–Trinajstić information content (AvgIpc) is 3.68. The molecule has 6 rings (SSSR count). The third kappa shape index (κ3) is 4.51. The van der Waals surface area contributed by atoms with Crippen LogP contribution in [0, 0.1) is 0 Å². The van der Waals surface area contributed by atoms with E-state index >= 15 is 0 Å². The van der Waals surface area contributed by atoms with E-state index in [-0.39, 0.29) is 5.92 Å². The first-order valence-electron chi connectivity index (χ1n) is 14.1. The molecule has 1 aromatic heterocycles. The van der Waals surface area contributed by atoms with Gasteiger partial charge in [0.25, 0.3) is 0 Å². The fourth-order valence-corrected chi connectivity index (χ4v) is 6.57. The minimum absolute atomic E-state index is 0.312. The fraction of sp³-hybridized carbons (Fsp3) is 0.364. The number of hydrogen-bond acceptors (Lipinski definition) is 7. The molecule has 1 aliphatic heterocycles. The Morgan fingerprint density at radius 2 is 1.78 bits per heavy atom. The Hall–Kier alpha value is -4.01. The molecule has 214 valence electrons. The molecule has 0 radical (unpaired) electrons. The van der Waals surface area contributed by atoms with Gasteiger partial charge in [-0.2, -0.15) is 0 Å². The third-order valence-corrected chi connectivity index (χ3v) is 8.52. The van der Waals surface area contributed by atoms with Gasteiger partial charge in [0.2, 0.25) is 0 Å². The maximum atomic E-state index is 12.6. The largest absolute Gasteiger partial charge is 0.496 e. The van der Waals surface area contributed by atoms with E-state index in [4.69, 9.17) is 18.9 Å². The number of methoxy groups -OCH3 is 2. The minimum Gasteiger partial charge on any atom is -0.496 e. The first-order chi connectivity index (χ1) is 20.0. The monoisotopic (exact) mass is 556 g/mol. The van der Waals surface area contributed by atoms with Gasteiger partial charge in [-0.1, -0.05) is 42.5 Å². The molecular formula is C33H36N2O6. The van der Waals surface area contributed by atoms with E-state index in [9.17, 15) is 10.2 Å². The first kappa shape index (κ1) is 27.2. The number of ether oxygens (including phenoxy) is 4. The van der Waals surface area contributed by atoms with Crippen LogP contribution in [0.15, 0.2) is 85.5 Å². The zero-order chi connectivity index (χ0) is 28.5. The minimum atomic E-state index is -1.77. The number of aliphatic hydroxyl groups excluding tert-OH is 1. The highest BCUT2D eigenvalue weighted by Gasteiger charge is 2.73. The topological polar surface area (TPSA) is 95.2 Å². The smallest absolute Gasteiger partial charge is 0.176 e. The van der Waals surface area contributed by atoms with Crippen LogP contribution in [-0.2, 0) is 17.7 Å². The number of rotatable bonds is 11. The van der Waals surface area contributed by atoms with Crippen molar-refractivity contribution in [2.45, 2.75) is 55.5 Å². The van der Waals surface area contributed by atoms with Crippen molar-refractivity contribution < 1.29 is 29.2 Å². The lowest BCUT2D eigenvalue weighted by atomic mass is 9.71. The number of aliphatic hydroxyl groups is 2. The highest BCUT2D eigenvalue weighted by Crippen LogP contribution is 2.68. The number of aromatic nitrogens is 2. The Labute approximate surface area is 240 Å². The molecule has 0 saturated heterocycles.